The third-order valence-corrected chi connectivity index (χ3v) is 8.67. The highest BCUT2D eigenvalue weighted by Crippen LogP contribution is 2.32. The summed E-state index contributed by atoms with van der Waals surface area (Å²) in [5.41, 5.74) is 1.24. The number of nitrogens with zero attached hydrogens (tertiary/aromatic N) is 2. The number of hydrogen-bond donors (Lipinski definition) is 0. The summed E-state index contributed by atoms with van der Waals surface area (Å²) >= 11 is 0. The lowest BCUT2D eigenvalue weighted by Gasteiger charge is -2.34. The Bertz CT molecular complexity index is 800. The molecule has 2 aliphatic rings. The molecule has 0 amide bonds. The molecule has 4 heteroatoms. The van der Waals surface area contributed by atoms with E-state index in [0.717, 1.165) is 11.5 Å². The van der Waals surface area contributed by atoms with Crippen molar-refractivity contribution in [3.63, 3.8) is 0 Å². The van der Waals surface area contributed by atoms with Crippen molar-refractivity contribution in [3.8, 4) is 11.5 Å². The van der Waals surface area contributed by atoms with Crippen LogP contribution in [0.4, 0.5) is 5.69 Å². The Hall–Kier alpha value is -2.20. The minimum atomic E-state index is -1.74. The molecule has 2 heterocycles. The van der Waals surface area contributed by atoms with Gasteiger partial charge in [0.2, 0.25) is 0 Å². The zero-order valence-electron chi connectivity index (χ0n) is 14.1. The first-order valence-corrected chi connectivity index (χ1v) is 11.1. The minimum absolute atomic E-state index is 0.342. The smallest absolute Gasteiger partial charge is 0.127 e. The standard InChI is InChI=1S/C19H22N2OSi/c1-14-20(2)11-12-21(14)15-9-10-17-19(13-15)23(3,4)18-8-6-5-7-16(18)22-17/h5-14H,1-4H3/t14-/m0/s1. The van der Waals surface area contributed by atoms with Gasteiger partial charge in [-0.15, -0.1) is 0 Å². The quantitative estimate of drug-likeness (QED) is 0.750. The molecular weight excluding hydrogens is 300 g/mol. The molecule has 0 aromatic heterocycles. The van der Waals surface area contributed by atoms with Gasteiger partial charge in [0.15, 0.2) is 0 Å². The Balaban J connectivity index is 1.80. The zero-order valence-corrected chi connectivity index (χ0v) is 15.1. The van der Waals surface area contributed by atoms with Gasteiger partial charge in [0.1, 0.15) is 25.7 Å². The van der Waals surface area contributed by atoms with Crippen LogP contribution >= 0.6 is 0 Å². The highest BCUT2D eigenvalue weighted by Gasteiger charge is 2.36. The van der Waals surface area contributed by atoms with Gasteiger partial charge < -0.3 is 14.5 Å². The number of hydrogen-bond acceptors (Lipinski definition) is 3. The Morgan fingerprint density at radius 2 is 1.70 bits per heavy atom. The molecule has 4 rings (SSSR count). The largest absolute Gasteiger partial charge is 0.458 e. The molecule has 0 radical (unpaired) electrons. The van der Waals surface area contributed by atoms with Gasteiger partial charge >= 0.3 is 0 Å². The van der Waals surface area contributed by atoms with Gasteiger partial charge in [0.25, 0.3) is 0 Å². The lowest BCUT2D eigenvalue weighted by molar-refractivity contribution is 0.383. The Labute approximate surface area is 138 Å². The summed E-state index contributed by atoms with van der Waals surface area (Å²) in [6.45, 7) is 7.03. The van der Waals surface area contributed by atoms with Crippen LogP contribution in [0.2, 0.25) is 13.1 Å². The van der Waals surface area contributed by atoms with E-state index in [2.05, 4.69) is 91.7 Å². The van der Waals surface area contributed by atoms with Crippen LogP contribution in [-0.4, -0.2) is 26.2 Å². The van der Waals surface area contributed by atoms with Gasteiger partial charge in [0.05, 0.1) is 0 Å². The van der Waals surface area contributed by atoms with Gasteiger partial charge in [-0.1, -0.05) is 31.3 Å². The Kier molecular flexibility index (Phi) is 3.06. The van der Waals surface area contributed by atoms with E-state index in [1.807, 2.05) is 0 Å². The first-order valence-electron chi connectivity index (χ1n) is 8.09. The van der Waals surface area contributed by atoms with E-state index < -0.39 is 8.07 Å². The van der Waals surface area contributed by atoms with E-state index in [1.165, 1.54) is 16.1 Å². The van der Waals surface area contributed by atoms with Crippen LogP contribution in [0.15, 0.2) is 54.9 Å². The lowest BCUT2D eigenvalue weighted by atomic mass is 10.2. The number of ether oxygens (including phenoxy) is 1. The van der Waals surface area contributed by atoms with E-state index in [0.29, 0.717) is 6.17 Å². The summed E-state index contributed by atoms with van der Waals surface area (Å²) in [7, 11) is 0.366. The second-order valence-electron chi connectivity index (χ2n) is 6.91. The Morgan fingerprint density at radius 1 is 0.957 bits per heavy atom. The third-order valence-electron chi connectivity index (χ3n) is 5.17. The molecule has 0 fully saturated rings. The molecule has 2 aliphatic heterocycles. The number of para-hydroxylation sites is 1. The Morgan fingerprint density at radius 3 is 2.43 bits per heavy atom. The number of anilines is 1. The summed E-state index contributed by atoms with van der Waals surface area (Å²) in [5.74, 6) is 2.05. The fourth-order valence-corrected chi connectivity index (χ4v) is 6.33. The first-order chi connectivity index (χ1) is 11.0. The minimum Gasteiger partial charge on any atom is -0.458 e. The third kappa shape index (κ3) is 2.09. The number of benzene rings is 2. The summed E-state index contributed by atoms with van der Waals surface area (Å²) in [4.78, 5) is 4.53. The van der Waals surface area contributed by atoms with Gasteiger partial charge in [-0.25, -0.2) is 0 Å². The molecule has 3 nitrogen and oxygen atoms in total. The summed E-state index contributed by atoms with van der Waals surface area (Å²) < 4.78 is 6.17. The van der Waals surface area contributed by atoms with Crippen molar-refractivity contribution in [1.29, 1.82) is 0 Å². The second-order valence-corrected chi connectivity index (χ2v) is 11.2. The molecule has 0 saturated carbocycles. The van der Waals surface area contributed by atoms with Gasteiger partial charge in [0, 0.05) is 25.1 Å². The van der Waals surface area contributed by atoms with E-state index in [4.69, 9.17) is 4.74 Å². The molecule has 0 N–H and O–H groups in total. The number of fused-ring (bicyclic) bond motifs is 2. The summed E-state index contributed by atoms with van der Waals surface area (Å²) in [5, 5.41) is 2.76. The van der Waals surface area contributed by atoms with Crippen molar-refractivity contribution < 1.29 is 4.74 Å². The fraction of sp³-hybridized carbons (Fsp3) is 0.263. The average molecular weight is 322 g/mol. The molecular formula is C19H22N2OSi. The maximum atomic E-state index is 6.17. The topological polar surface area (TPSA) is 15.7 Å². The molecule has 23 heavy (non-hydrogen) atoms. The van der Waals surface area contributed by atoms with Gasteiger partial charge in [-0.2, -0.15) is 0 Å². The molecule has 1 atom stereocenters. The predicted octanol–water partition coefficient (Wildman–Crippen LogP) is 3.18. The predicted molar refractivity (Wildman–Crippen MR) is 98.6 cm³/mol. The highest BCUT2D eigenvalue weighted by molar-refractivity contribution is 7.01. The van der Waals surface area contributed by atoms with Gasteiger partial charge in [-0.3, -0.25) is 0 Å². The van der Waals surface area contributed by atoms with Crippen molar-refractivity contribution >= 4 is 24.1 Å². The maximum Gasteiger partial charge on any atom is 0.127 e. The van der Waals surface area contributed by atoms with Crippen LogP contribution in [0, 0.1) is 0 Å². The maximum absolute atomic E-state index is 6.17. The molecule has 2 aromatic rings. The SMILES string of the molecule is C[C@H]1N(C)C=CN1c1ccc2c(c1)[Si](C)(C)c1ccccc1O2. The second kappa shape index (κ2) is 4.90. The van der Waals surface area contributed by atoms with Crippen LogP contribution < -0.4 is 20.0 Å². The molecule has 0 saturated heterocycles. The van der Waals surface area contributed by atoms with E-state index in [1.54, 1.807) is 0 Å². The van der Waals surface area contributed by atoms with Crippen molar-refractivity contribution in [2.45, 2.75) is 26.2 Å². The molecule has 0 spiro atoms. The van der Waals surface area contributed by atoms with Crippen LogP contribution in [-0.2, 0) is 0 Å². The highest BCUT2D eigenvalue weighted by atomic mass is 28.3. The molecule has 118 valence electrons. The fourth-order valence-electron chi connectivity index (χ4n) is 3.52. The first kappa shape index (κ1) is 14.4. The normalized spacial score (nSPS) is 21.0. The average Bonchev–Trinajstić information content (AvgIpc) is 2.87. The van der Waals surface area contributed by atoms with Crippen LogP contribution in [0.3, 0.4) is 0 Å². The zero-order chi connectivity index (χ0) is 16.2. The van der Waals surface area contributed by atoms with Crippen molar-refractivity contribution in [3.05, 3.63) is 54.9 Å². The van der Waals surface area contributed by atoms with Crippen LogP contribution in [0.25, 0.3) is 0 Å². The van der Waals surface area contributed by atoms with E-state index in [9.17, 15) is 0 Å². The lowest BCUT2D eigenvalue weighted by Crippen LogP contribution is -2.56. The molecule has 0 unspecified atom stereocenters. The molecule has 2 aromatic carbocycles. The van der Waals surface area contributed by atoms with Crippen LogP contribution in [0.5, 0.6) is 11.5 Å². The van der Waals surface area contributed by atoms with Crippen LogP contribution in [0.1, 0.15) is 6.92 Å². The number of rotatable bonds is 1. The summed E-state index contributed by atoms with van der Waals surface area (Å²) in [6.07, 6.45) is 4.62. The van der Waals surface area contributed by atoms with Crippen molar-refractivity contribution in [2.75, 3.05) is 11.9 Å². The van der Waals surface area contributed by atoms with Crippen molar-refractivity contribution in [1.82, 2.24) is 4.90 Å². The van der Waals surface area contributed by atoms with E-state index in [-0.39, 0.29) is 0 Å². The van der Waals surface area contributed by atoms with E-state index >= 15 is 0 Å². The summed E-state index contributed by atoms with van der Waals surface area (Å²) in [6, 6.07) is 15.1. The van der Waals surface area contributed by atoms with Gasteiger partial charge in [-0.05, 0) is 41.6 Å². The van der Waals surface area contributed by atoms with Crippen molar-refractivity contribution in [2.24, 2.45) is 0 Å². The monoisotopic (exact) mass is 322 g/mol. The molecule has 0 aliphatic carbocycles. The molecule has 0 bridgehead atoms.